The summed E-state index contributed by atoms with van der Waals surface area (Å²) in [6.07, 6.45) is 12.2. The molecule has 9 nitrogen and oxygen atoms in total. The predicted octanol–water partition coefficient (Wildman–Crippen LogP) is 4.12. The summed E-state index contributed by atoms with van der Waals surface area (Å²) in [6.45, 7) is 1.26. The van der Waals surface area contributed by atoms with E-state index in [1.54, 1.807) is 25.1 Å². The second-order valence-corrected chi connectivity index (χ2v) is 8.62. The van der Waals surface area contributed by atoms with E-state index in [-0.39, 0.29) is 0 Å². The molecule has 6 rings (SSSR count). The lowest BCUT2D eigenvalue weighted by atomic mass is 10.0. The van der Waals surface area contributed by atoms with Crippen molar-refractivity contribution < 1.29 is 4.42 Å². The van der Waals surface area contributed by atoms with Gasteiger partial charge in [0.1, 0.15) is 23.3 Å². The van der Waals surface area contributed by atoms with Gasteiger partial charge in [0, 0.05) is 53.6 Å². The Morgan fingerprint density at radius 1 is 1.03 bits per heavy atom. The first kappa shape index (κ1) is 21.1. The van der Waals surface area contributed by atoms with E-state index in [4.69, 9.17) is 14.4 Å². The Morgan fingerprint density at radius 2 is 1.94 bits per heavy atom. The standard InChI is InChI=1S/C26H22N8O/c1-34(2)13-16-7-18(10-27-9-16)19-8-20-22(30-11-19)12-28-15-31-24(20)26-32-21-3-5-29-23(25(21)33-26)17-4-6-35-14-17/h3-11,14-15H,12-13H2,1-2H3,(H,32,33). The molecular formula is C26H22N8O. The molecule has 0 unspecified atom stereocenters. The van der Waals surface area contributed by atoms with Crippen LogP contribution in [-0.2, 0) is 13.1 Å². The molecule has 0 radical (unpaired) electrons. The normalized spacial score (nSPS) is 13.2. The third-order valence-corrected chi connectivity index (χ3v) is 5.78. The Labute approximate surface area is 201 Å². The highest BCUT2D eigenvalue weighted by Crippen LogP contribution is 2.28. The minimum Gasteiger partial charge on any atom is -0.472 e. The summed E-state index contributed by atoms with van der Waals surface area (Å²) >= 11 is 0. The zero-order valence-electron chi connectivity index (χ0n) is 19.3. The van der Waals surface area contributed by atoms with Crippen LogP contribution in [0.1, 0.15) is 22.6 Å². The number of aliphatic imine (C=N–C) groups is 2. The number of pyridine rings is 3. The van der Waals surface area contributed by atoms with Crippen LogP contribution in [0.3, 0.4) is 0 Å². The van der Waals surface area contributed by atoms with Crippen molar-refractivity contribution in [2.24, 2.45) is 9.98 Å². The van der Waals surface area contributed by atoms with Crippen molar-refractivity contribution in [3.63, 3.8) is 0 Å². The number of furan rings is 1. The molecule has 172 valence electrons. The number of imidazole rings is 1. The molecule has 1 aliphatic rings. The van der Waals surface area contributed by atoms with Crippen LogP contribution < -0.4 is 0 Å². The van der Waals surface area contributed by atoms with Gasteiger partial charge in [0.2, 0.25) is 0 Å². The fraction of sp³-hybridized carbons (Fsp3) is 0.154. The van der Waals surface area contributed by atoms with Gasteiger partial charge in [-0.3, -0.25) is 19.9 Å². The Balaban J connectivity index is 1.45. The van der Waals surface area contributed by atoms with E-state index < -0.39 is 0 Å². The number of aromatic amines is 1. The number of nitrogens with one attached hydrogen (secondary N) is 1. The Kier molecular flexibility index (Phi) is 5.23. The van der Waals surface area contributed by atoms with Crippen LogP contribution in [0.2, 0.25) is 0 Å². The molecule has 1 aliphatic heterocycles. The van der Waals surface area contributed by atoms with Crippen molar-refractivity contribution in [1.29, 1.82) is 0 Å². The van der Waals surface area contributed by atoms with E-state index >= 15 is 0 Å². The molecule has 0 bridgehead atoms. The highest BCUT2D eigenvalue weighted by Gasteiger charge is 2.21. The van der Waals surface area contributed by atoms with Gasteiger partial charge in [0.25, 0.3) is 0 Å². The SMILES string of the molecule is CN(C)Cc1cncc(-c2cnc3c(c2)C(c2nc4c(-c5ccoc5)nccc4[nH]2)=NC=NC3)c1. The van der Waals surface area contributed by atoms with Gasteiger partial charge in [0.15, 0.2) is 5.82 Å². The third kappa shape index (κ3) is 4.02. The molecule has 0 saturated heterocycles. The van der Waals surface area contributed by atoms with Crippen molar-refractivity contribution in [3.05, 3.63) is 84.2 Å². The van der Waals surface area contributed by atoms with Crippen LogP contribution in [0.5, 0.6) is 0 Å². The molecule has 35 heavy (non-hydrogen) atoms. The van der Waals surface area contributed by atoms with Crippen LogP contribution in [0, 0.1) is 0 Å². The van der Waals surface area contributed by atoms with Crippen molar-refractivity contribution in [3.8, 4) is 22.4 Å². The second-order valence-electron chi connectivity index (χ2n) is 8.62. The summed E-state index contributed by atoms with van der Waals surface area (Å²) in [7, 11) is 4.08. The topological polar surface area (TPSA) is 108 Å². The van der Waals surface area contributed by atoms with Crippen molar-refractivity contribution >= 4 is 23.1 Å². The van der Waals surface area contributed by atoms with Gasteiger partial charge in [-0.2, -0.15) is 0 Å². The third-order valence-electron chi connectivity index (χ3n) is 5.78. The van der Waals surface area contributed by atoms with Crippen molar-refractivity contribution in [2.75, 3.05) is 14.1 Å². The highest BCUT2D eigenvalue weighted by molar-refractivity contribution is 6.16. The first-order valence-corrected chi connectivity index (χ1v) is 11.2. The molecular weight excluding hydrogens is 440 g/mol. The molecule has 0 atom stereocenters. The fourth-order valence-electron chi connectivity index (χ4n) is 4.22. The average molecular weight is 463 g/mol. The maximum absolute atomic E-state index is 5.25. The summed E-state index contributed by atoms with van der Waals surface area (Å²) in [5, 5.41) is 0. The summed E-state index contributed by atoms with van der Waals surface area (Å²) in [4.78, 5) is 33.1. The van der Waals surface area contributed by atoms with Crippen LogP contribution in [-0.4, -0.2) is 56.0 Å². The Morgan fingerprint density at radius 3 is 2.80 bits per heavy atom. The molecule has 0 spiro atoms. The van der Waals surface area contributed by atoms with Gasteiger partial charge in [-0.25, -0.2) is 9.98 Å². The molecule has 5 aromatic heterocycles. The fourth-order valence-corrected chi connectivity index (χ4v) is 4.22. The zero-order valence-corrected chi connectivity index (χ0v) is 19.3. The molecule has 9 heteroatoms. The van der Waals surface area contributed by atoms with Crippen LogP contribution in [0.25, 0.3) is 33.4 Å². The summed E-state index contributed by atoms with van der Waals surface area (Å²) in [6, 6.07) is 8.01. The Hall–Kier alpha value is -4.50. The molecule has 0 saturated carbocycles. The summed E-state index contributed by atoms with van der Waals surface area (Å²) < 4.78 is 5.25. The van der Waals surface area contributed by atoms with E-state index in [0.717, 1.165) is 56.8 Å². The first-order valence-electron chi connectivity index (χ1n) is 11.2. The maximum atomic E-state index is 5.25. The van der Waals surface area contributed by atoms with E-state index in [1.165, 1.54) is 0 Å². The minimum atomic E-state index is 0.448. The zero-order chi connectivity index (χ0) is 23.8. The predicted molar refractivity (Wildman–Crippen MR) is 134 cm³/mol. The van der Waals surface area contributed by atoms with Gasteiger partial charge in [-0.05, 0) is 43.9 Å². The van der Waals surface area contributed by atoms with Gasteiger partial charge < -0.3 is 14.3 Å². The molecule has 1 N–H and O–H groups in total. The number of nitrogens with zero attached hydrogens (tertiary/aromatic N) is 7. The number of hydrogen-bond donors (Lipinski definition) is 1. The van der Waals surface area contributed by atoms with E-state index in [1.807, 2.05) is 44.8 Å². The monoisotopic (exact) mass is 462 g/mol. The molecule has 5 aromatic rings. The van der Waals surface area contributed by atoms with Gasteiger partial charge >= 0.3 is 0 Å². The average Bonchev–Trinajstić information content (AvgIpc) is 3.50. The first-order chi connectivity index (χ1) is 17.2. The van der Waals surface area contributed by atoms with Gasteiger partial charge in [-0.15, -0.1) is 0 Å². The molecule has 6 heterocycles. The Bertz CT molecular complexity index is 1580. The quantitative estimate of drug-likeness (QED) is 0.421. The number of fused-ring (bicyclic) bond motifs is 2. The van der Waals surface area contributed by atoms with E-state index in [9.17, 15) is 0 Å². The largest absolute Gasteiger partial charge is 0.472 e. The van der Waals surface area contributed by atoms with Gasteiger partial charge in [0.05, 0.1) is 30.3 Å². The van der Waals surface area contributed by atoms with Crippen LogP contribution >= 0.6 is 0 Å². The van der Waals surface area contributed by atoms with E-state index in [0.29, 0.717) is 18.1 Å². The maximum Gasteiger partial charge on any atom is 0.158 e. The molecule has 0 aliphatic carbocycles. The smallest absolute Gasteiger partial charge is 0.158 e. The van der Waals surface area contributed by atoms with E-state index in [2.05, 4.69) is 42.0 Å². The van der Waals surface area contributed by atoms with Crippen molar-refractivity contribution in [1.82, 2.24) is 29.8 Å². The number of rotatable bonds is 5. The molecule has 0 aromatic carbocycles. The lowest BCUT2D eigenvalue weighted by Crippen LogP contribution is -2.11. The number of hydrogen-bond acceptors (Lipinski definition) is 8. The summed E-state index contributed by atoms with van der Waals surface area (Å²) in [5.74, 6) is 0.630. The number of H-pyrrole nitrogens is 1. The number of aromatic nitrogens is 5. The minimum absolute atomic E-state index is 0.448. The van der Waals surface area contributed by atoms with Crippen molar-refractivity contribution in [2.45, 2.75) is 13.1 Å². The van der Waals surface area contributed by atoms with Crippen LogP contribution in [0.15, 0.2) is 76.0 Å². The second kappa shape index (κ2) is 8.69. The van der Waals surface area contributed by atoms with Gasteiger partial charge in [-0.1, -0.05) is 0 Å². The van der Waals surface area contributed by atoms with Crippen LogP contribution in [0.4, 0.5) is 0 Å². The highest BCUT2D eigenvalue weighted by atomic mass is 16.3. The summed E-state index contributed by atoms with van der Waals surface area (Å²) in [5.41, 5.74) is 8.73. The molecule has 0 fully saturated rings. The lowest BCUT2D eigenvalue weighted by molar-refractivity contribution is 0.402. The lowest BCUT2D eigenvalue weighted by Gasteiger charge is -2.12. The molecule has 0 amide bonds.